The molecule has 0 atom stereocenters. The Labute approximate surface area is 289 Å². The van der Waals surface area contributed by atoms with Gasteiger partial charge in [0.1, 0.15) is 12.0 Å². The summed E-state index contributed by atoms with van der Waals surface area (Å²) in [4.78, 5) is 44.9. The van der Waals surface area contributed by atoms with Crippen LogP contribution in [0, 0.1) is 6.92 Å². The lowest BCUT2D eigenvalue weighted by molar-refractivity contribution is -0.131. The second-order valence-electron chi connectivity index (χ2n) is 10.0. The average Bonchev–Trinajstić information content (AvgIpc) is 3.12. The monoisotopic (exact) mass is 678 g/mol. The highest BCUT2D eigenvalue weighted by Gasteiger charge is 2.17. The first kappa shape index (κ1) is 43.8. The van der Waals surface area contributed by atoms with Crippen LogP contribution in [0.25, 0.3) is 11.0 Å². The fourth-order valence-corrected chi connectivity index (χ4v) is 4.05. The number of aryl methyl sites for hydroxylation is 1. The fourth-order valence-electron chi connectivity index (χ4n) is 4.05. The van der Waals surface area contributed by atoms with E-state index in [1.165, 1.54) is 12.6 Å². The number of aromatic nitrogens is 2. The molecular formula is C36H54N8O5. The van der Waals surface area contributed by atoms with Crippen molar-refractivity contribution in [3.8, 4) is 5.75 Å². The maximum Gasteiger partial charge on any atom is 0.236 e. The zero-order valence-electron chi connectivity index (χ0n) is 29.2. The molecule has 1 heterocycles. The molecule has 268 valence electrons. The van der Waals surface area contributed by atoms with Crippen molar-refractivity contribution in [3.05, 3.63) is 102 Å². The van der Waals surface area contributed by atoms with Crippen LogP contribution >= 0.6 is 0 Å². The SMILES string of the molecule is C=CCNCC.CN.CNCC(=O)N(CCNC=O)Cc1cccc2[nH]n(CC=O)c12.Cc1ccc(O)cc1.O=CNCc1ccccc1. The minimum atomic E-state index is -0.0491. The number of fused-ring (bicyclic) bond motifs is 1. The highest BCUT2D eigenvalue weighted by atomic mass is 16.3. The lowest BCUT2D eigenvalue weighted by Crippen LogP contribution is -2.40. The molecule has 0 bridgehead atoms. The summed E-state index contributed by atoms with van der Waals surface area (Å²) in [6.07, 6.45) is 3.99. The summed E-state index contributed by atoms with van der Waals surface area (Å²) in [7, 11) is 3.21. The Morgan fingerprint density at radius 3 is 2.18 bits per heavy atom. The number of aromatic hydroxyl groups is 1. The van der Waals surface area contributed by atoms with Gasteiger partial charge >= 0.3 is 0 Å². The van der Waals surface area contributed by atoms with Gasteiger partial charge in [0, 0.05) is 32.7 Å². The summed E-state index contributed by atoms with van der Waals surface area (Å²) >= 11 is 0. The molecule has 0 aliphatic rings. The van der Waals surface area contributed by atoms with Crippen LogP contribution in [0.5, 0.6) is 5.75 Å². The van der Waals surface area contributed by atoms with Gasteiger partial charge in [0.15, 0.2) is 0 Å². The summed E-state index contributed by atoms with van der Waals surface area (Å²) < 4.78 is 1.75. The Kier molecular flexibility index (Phi) is 25.8. The van der Waals surface area contributed by atoms with Crippen LogP contribution in [0.2, 0.25) is 0 Å². The van der Waals surface area contributed by atoms with E-state index in [1.54, 1.807) is 28.8 Å². The van der Waals surface area contributed by atoms with Crippen LogP contribution < -0.4 is 27.0 Å². The lowest BCUT2D eigenvalue weighted by Gasteiger charge is -2.25. The number of hydrogen-bond acceptors (Lipinski definition) is 8. The molecule has 3 aromatic carbocycles. The summed E-state index contributed by atoms with van der Waals surface area (Å²) in [5.74, 6) is 0.280. The molecule has 0 saturated carbocycles. The largest absolute Gasteiger partial charge is 0.508 e. The van der Waals surface area contributed by atoms with Gasteiger partial charge in [0.2, 0.25) is 18.7 Å². The van der Waals surface area contributed by atoms with Gasteiger partial charge in [-0.2, -0.15) is 0 Å². The summed E-state index contributed by atoms with van der Waals surface area (Å²) in [6.45, 7) is 11.9. The summed E-state index contributed by atoms with van der Waals surface area (Å²) in [5, 5.41) is 22.9. The van der Waals surface area contributed by atoms with Crippen LogP contribution in [0.15, 0.2) is 85.5 Å². The highest BCUT2D eigenvalue weighted by Crippen LogP contribution is 2.21. The first-order valence-electron chi connectivity index (χ1n) is 15.9. The number of carbonyl (C=O) groups is 4. The molecule has 0 unspecified atom stereocenters. The number of phenolic OH excluding ortho intramolecular Hbond substituents is 1. The maximum atomic E-state index is 12.2. The number of para-hydroxylation sites is 1. The van der Waals surface area contributed by atoms with E-state index < -0.39 is 0 Å². The number of hydrogen-bond donors (Lipinski definition) is 7. The topological polar surface area (TPSA) is 187 Å². The summed E-state index contributed by atoms with van der Waals surface area (Å²) in [6, 6.07) is 22.6. The van der Waals surface area contributed by atoms with Gasteiger partial charge in [0.05, 0.1) is 24.1 Å². The van der Waals surface area contributed by atoms with Crippen molar-refractivity contribution < 1.29 is 24.3 Å². The minimum Gasteiger partial charge on any atom is -0.508 e. The van der Waals surface area contributed by atoms with Crippen molar-refractivity contribution in [1.29, 1.82) is 0 Å². The normalized spacial score (nSPS) is 9.41. The molecule has 4 rings (SSSR count). The second-order valence-corrected chi connectivity index (χ2v) is 10.0. The number of phenols is 1. The lowest BCUT2D eigenvalue weighted by atomic mass is 10.1. The number of likely N-dealkylation sites (N-methyl/N-ethyl adjacent to an activating group) is 2. The van der Waals surface area contributed by atoms with Gasteiger partial charge in [0.25, 0.3) is 0 Å². The smallest absolute Gasteiger partial charge is 0.236 e. The third-order valence-corrected chi connectivity index (χ3v) is 6.36. The molecule has 13 nitrogen and oxygen atoms in total. The first-order chi connectivity index (χ1) is 23.8. The van der Waals surface area contributed by atoms with E-state index in [1.807, 2.05) is 73.7 Å². The molecule has 0 aliphatic carbocycles. The number of benzene rings is 3. The molecule has 0 radical (unpaired) electrons. The average molecular weight is 679 g/mol. The fraction of sp³-hybridized carbons (Fsp3) is 0.333. The first-order valence-corrected chi connectivity index (χ1v) is 15.9. The van der Waals surface area contributed by atoms with E-state index >= 15 is 0 Å². The van der Waals surface area contributed by atoms with Gasteiger partial charge in [-0.05, 0) is 56.9 Å². The van der Waals surface area contributed by atoms with Crippen LogP contribution in [0.4, 0.5) is 0 Å². The number of rotatable bonds is 16. The molecule has 1 aromatic heterocycles. The van der Waals surface area contributed by atoms with Crippen LogP contribution in [-0.4, -0.2) is 91.6 Å². The Hall–Kier alpha value is -5.24. The zero-order valence-corrected chi connectivity index (χ0v) is 29.2. The number of aldehydes is 1. The maximum absolute atomic E-state index is 12.2. The van der Waals surface area contributed by atoms with E-state index in [0.717, 1.165) is 41.5 Å². The Balaban J connectivity index is 0.000000726. The number of nitrogens with two attached hydrogens (primary N) is 1. The standard InChI is InChI=1S/C15H21N5O3.C8H9NO.C7H8O.C5H11N.CH5N/c1-16-9-14(23)19(6-5-17-11-22)10-12-3-2-4-13-15(12)20(18-13)7-8-21;10-7-9-6-8-4-2-1-3-5-8;1-6-2-4-7(8)5-3-6;1-3-5-6-4-2;1-2/h2-4,8,11,16,18H,5-7,9-10H2,1H3,(H,17,22);1-5,7H,6H2,(H,9,10);2-5,8H,1H3;3,6H,1,4-5H2,2H3;2H2,1H3. The Morgan fingerprint density at radius 2 is 1.65 bits per heavy atom. The van der Waals surface area contributed by atoms with E-state index in [0.29, 0.717) is 44.7 Å². The second kappa shape index (κ2) is 28.9. The van der Waals surface area contributed by atoms with Crippen molar-refractivity contribution in [3.63, 3.8) is 0 Å². The molecule has 0 saturated heterocycles. The number of nitrogens with one attached hydrogen (secondary N) is 5. The number of nitrogens with zero attached hydrogens (tertiary/aromatic N) is 2. The Bertz CT molecular complexity index is 1420. The molecule has 13 heteroatoms. The number of amides is 3. The summed E-state index contributed by atoms with van der Waals surface area (Å²) in [5.41, 5.74) is 9.62. The van der Waals surface area contributed by atoms with Crippen LogP contribution in [0.3, 0.4) is 0 Å². The third-order valence-electron chi connectivity index (χ3n) is 6.36. The third kappa shape index (κ3) is 19.2. The predicted octanol–water partition coefficient (Wildman–Crippen LogP) is 2.45. The van der Waals surface area contributed by atoms with E-state index in [-0.39, 0.29) is 19.0 Å². The molecule has 8 N–H and O–H groups in total. The molecular weight excluding hydrogens is 624 g/mol. The van der Waals surface area contributed by atoms with E-state index in [9.17, 15) is 19.2 Å². The predicted molar refractivity (Wildman–Crippen MR) is 197 cm³/mol. The molecule has 0 spiro atoms. The van der Waals surface area contributed by atoms with Crippen molar-refractivity contribution in [2.75, 3.05) is 46.8 Å². The highest BCUT2D eigenvalue weighted by molar-refractivity contribution is 5.83. The molecule has 49 heavy (non-hydrogen) atoms. The quantitative estimate of drug-likeness (QED) is 0.0535. The van der Waals surface area contributed by atoms with Crippen molar-refractivity contribution in [2.24, 2.45) is 5.73 Å². The van der Waals surface area contributed by atoms with Crippen molar-refractivity contribution in [1.82, 2.24) is 35.9 Å². The van der Waals surface area contributed by atoms with Gasteiger partial charge in [-0.15, -0.1) is 6.58 Å². The Morgan fingerprint density at radius 1 is 0.980 bits per heavy atom. The number of carbonyl (C=O) groups excluding carboxylic acids is 4. The number of H-pyrrole nitrogens is 1. The number of aromatic amines is 1. The van der Waals surface area contributed by atoms with Gasteiger partial charge in [-0.1, -0.05) is 73.2 Å². The van der Waals surface area contributed by atoms with Crippen LogP contribution in [-0.2, 0) is 38.8 Å². The van der Waals surface area contributed by atoms with E-state index in [4.69, 9.17) is 5.11 Å². The van der Waals surface area contributed by atoms with E-state index in [2.05, 4.69) is 45.6 Å². The van der Waals surface area contributed by atoms with Gasteiger partial charge in [-0.3, -0.25) is 24.2 Å². The van der Waals surface area contributed by atoms with Crippen molar-refractivity contribution >= 4 is 36.0 Å². The van der Waals surface area contributed by atoms with Gasteiger partial charge < -0.3 is 41.8 Å². The minimum absolute atomic E-state index is 0.0491. The molecule has 3 amide bonds. The zero-order chi connectivity index (χ0) is 36.7. The molecule has 4 aromatic rings. The molecule has 0 fully saturated rings. The van der Waals surface area contributed by atoms with Crippen molar-refractivity contribution in [2.45, 2.75) is 33.5 Å². The van der Waals surface area contributed by atoms with Crippen LogP contribution in [0.1, 0.15) is 23.6 Å². The van der Waals surface area contributed by atoms with Gasteiger partial charge in [-0.25, -0.2) is 0 Å². The molecule has 0 aliphatic heterocycles.